The summed E-state index contributed by atoms with van der Waals surface area (Å²) in [5.41, 5.74) is 1.00. The summed E-state index contributed by atoms with van der Waals surface area (Å²) >= 11 is 7.65. The van der Waals surface area contributed by atoms with Crippen molar-refractivity contribution in [3.05, 3.63) is 35.4 Å². The summed E-state index contributed by atoms with van der Waals surface area (Å²) in [5.74, 6) is 0.530. The van der Waals surface area contributed by atoms with Crippen molar-refractivity contribution in [2.45, 2.75) is 25.8 Å². The molecule has 3 heterocycles. The quantitative estimate of drug-likeness (QED) is 0.640. The van der Waals surface area contributed by atoms with Crippen LogP contribution in [0.4, 0.5) is 5.82 Å². The van der Waals surface area contributed by atoms with E-state index < -0.39 is 5.97 Å². The highest BCUT2D eigenvalue weighted by atomic mass is 35.5. The minimum atomic E-state index is -0.416. The van der Waals surface area contributed by atoms with Crippen LogP contribution in [-0.2, 0) is 4.79 Å². The Bertz CT molecular complexity index is 985. The Labute approximate surface area is 165 Å². The largest absolute Gasteiger partial charge is 0.404 e. The Morgan fingerprint density at radius 2 is 2.26 bits per heavy atom. The van der Waals surface area contributed by atoms with Gasteiger partial charge in [-0.3, -0.25) is 4.79 Å². The maximum absolute atomic E-state index is 11.5. The Kier molecular flexibility index (Phi) is 5.24. The SMILES string of the molecule is CC(=O)Oc1nnc(NC2CCCNC2)c2cc(-c3cccc(Cl)c3)sc12. The lowest BCUT2D eigenvalue weighted by atomic mass is 10.1. The molecule has 0 amide bonds. The van der Waals surface area contributed by atoms with Gasteiger partial charge in [-0.15, -0.1) is 21.5 Å². The zero-order valence-electron chi connectivity index (χ0n) is 14.8. The van der Waals surface area contributed by atoms with Gasteiger partial charge in [0.1, 0.15) is 4.70 Å². The summed E-state index contributed by atoms with van der Waals surface area (Å²) in [7, 11) is 0. The molecule has 0 saturated carbocycles. The van der Waals surface area contributed by atoms with Crippen LogP contribution in [0, 0.1) is 0 Å². The van der Waals surface area contributed by atoms with Crippen LogP contribution in [0.25, 0.3) is 20.5 Å². The summed E-state index contributed by atoms with van der Waals surface area (Å²) in [6.07, 6.45) is 2.20. The lowest BCUT2D eigenvalue weighted by Gasteiger charge is -2.24. The fourth-order valence-electron chi connectivity index (χ4n) is 3.18. The molecule has 0 radical (unpaired) electrons. The average Bonchev–Trinajstić information content (AvgIpc) is 3.10. The highest BCUT2D eigenvalue weighted by Gasteiger charge is 2.20. The second kappa shape index (κ2) is 7.80. The van der Waals surface area contributed by atoms with E-state index in [1.54, 1.807) is 0 Å². The molecule has 0 aliphatic carbocycles. The zero-order valence-corrected chi connectivity index (χ0v) is 16.4. The predicted octanol–water partition coefficient (Wildman–Crippen LogP) is 4.10. The lowest BCUT2D eigenvalue weighted by Crippen LogP contribution is -2.38. The van der Waals surface area contributed by atoms with Crippen LogP contribution < -0.4 is 15.4 Å². The minimum Gasteiger partial charge on any atom is -0.404 e. The molecule has 1 aliphatic rings. The van der Waals surface area contributed by atoms with Crippen molar-refractivity contribution in [1.82, 2.24) is 15.5 Å². The number of benzene rings is 1. The van der Waals surface area contributed by atoms with Crippen LogP contribution in [-0.4, -0.2) is 35.3 Å². The van der Waals surface area contributed by atoms with Crippen LogP contribution in [0.2, 0.25) is 5.02 Å². The summed E-state index contributed by atoms with van der Waals surface area (Å²) in [4.78, 5) is 12.5. The molecule has 1 atom stereocenters. The third kappa shape index (κ3) is 4.05. The number of piperidine rings is 1. The molecular weight excluding hydrogens is 384 g/mol. The van der Waals surface area contributed by atoms with Crippen molar-refractivity contribution in [3.8, 4) is 16.3 Å². The van der Waals surface area contributed by atoms with Gasteiger partial charge >= 0.3 is 5.97 Å². The number of hydrogen-bond donors (Lipinski definition) is 2. The number of anilines is 1. The van der Waals surface area contributed by atoms with Gasteiger partial charge in [-0.05, 0) is 43.1 Å². The van der Waals surface area contributed by atoms with Crippen molar-refractivity contribution in [3.63, 3.8) is 0 Å². The van der Waals surface area contributed by atoms with E-state index >= 15 is 0 Å². The van der Waals surface area contributed by atoms with Crippen LogP contribution in [0.3, 0.4) is 0 Å². The molecule has 1 aliphatic heterocycles. The normalized spacial score (nSPS) is 17.0. The summed E-state index contributed by atoms with van der Waals surface area (Å²) in [5, 5.41) is 16.9. The fraction of sp³-hybridized carbons (Fsp3) is 0.316. The summed E-state index contributed by atoms with van der Waals surface area (Å²) < 4.78 is 6.07. The molecular formula is C19H19ClN4O2S. The number of thiophene rings is 1. The molecule has 0 spiro atoms. The number of hydrogen-bond acceptors (Lipinski definition) is 7. The van der Waals surface area contributed by atoms with Gasteiger partial charge in [0, 0.05) is 34.8 Å². The Hall–Kier alpha value is -2.22. The van der Waals surface area contributed by atoms with Crippen LogP contribution in [0.1, 0.15) is 19.8 Å². The first-order valence-corrected chi connectivity index (χ1v) is 10.0. The number of rotatable bonds is 4. The van der Waals surface area contributed by atoms with Gasteiger partial charge < -0.3 is 15.4 Å². The molecule has 2 aromatic heterocycles. The Morgan fingerprint density at radius 3 is 3.00 bits per heavy atom. The van der Waals surface area contributed by atoms with E-state index in [9.17, 15) is 4.79 Å². The van der Waals surface area contributed by atoms with Gasteiger partial charge in [0.25, 0.3) is 5.88 Å². The third-order valence-corrected chi connectivity index (χ3v) is 5.82. The fourth-order valence-corrected chi connectivity index (χ4v) is 4.45. The van der Waals surface area contributed by atoms with E-state index in [1.165, 1.54) is 18.3 Å². The van der Waals surface area contributed by atoms with Crippen molar-refractivity contribution in [2.75, 3.05) is 18.4 Å². The predicted molar refractivity (Wildman–Crippen MR) is 109 cm³/mol. The number of nitrogens with one attached hydrogen (secondary N) is 2. The molecule has 4 rings (SSSR count). The molecule has 1 saturated heterocycles. The van der Waals surface area contributed by atoms with E-state index in [-0.39, 0.29) is 5.88 Å². The summed E-state index contributed by atoms with van der Waals surface area (Å²) in [6, 6.07) is 10.0. The second-order valence-electron chi connectivity index (χ2n) is 6.50. The highest BCUT2D eigenvalue weighted by Crippen LogP contribution is 2.40. The number of ether oxygens (including phenoxy) is 1. The molecule has 6 nitrogen and oxygen atoms in total. The molecule has 3 aromatic rings. The van der Waals surface area contributed by atoms with Crippen molar-refractivity contribution >= 4 is 44.8 Å². The van der Waals surface area contributed by atoms with Gasteiger partial charge in [-0.1, -0.05) is 23.7 Å². The molecule has 140 valence electrons. The zero-order chi connectivity index (χ0) is 18.8. The molecule has 27 heavy (non-hydrogen) atoms. The highest BCUT2D eigenvalue weighted by molar-refractivity contribution is 7.22. The molecule has 2 N–H and O–H groups in total. The minimum absolute atomic E-state index is 0.239. The Morgan fingerprint density at radius 1 is 1.37 bits per heavy atom. The number of halogens is 1. The number of esters is 1. The van der Waals surface area contributed by atoms with Gasteiger partial charge in [0.05, 0.1) is 0 Å². The molecule has 8 heteroatoms. The number of fused-ring (bicyclic) bond motifs is 1. The van der Waals surface area contributed by atoms with E-state index in [2.05, 4.69) is 20.8 Å². The number of aromatic nitrogens is 2. The first kappa shape index (κ1) is 18.2. The smallest absolute Gasteiger partial charge is 0.309 e. The van der Waals surface area contributed by atoms with E-state index in [4.69, 9.17) is 16.3 Å². The monoisotopic (exact) mass is 402 g/mol. The maximum Gasteiger partial charge on any atom is 0.309 e. The standard InChI is InChI=1S/C19H19ClN4O2S/c1-11(25)26-19-17-15(9-16(27-17)12-4-2-5-13(20)8-12)18(23-24-19)22-14-6-3-7-21-10-14/h2,4-5,8-9,14,21H,3,6-7,10H2,1H3,(H,22,23). The van der Waals surface area contributed by atoms with Gasteiger partial charge in [-0.2, -0.15) is 0 Å². The van der Waals surface area contributed by atoms with Crippen LogP contribution >= 0.6 is 22.9 Å². The first-order valence-electron chi connectivity index (χ1n) is 8.82. The Balaban J connectivity index is 1.78. The molecule has 1 aromatic carbocycles. The van der Waals surface area contributed by atoms with Crippen molar-refractivity contribution in [1.29, 1.82) is 0 Å². The van der Waals surface area contributed by atoms with Gasteiger partial charge in [-0.25, -0.2) is 0 Å². The van der Waals surface area contributed by atoms with E-state index in [1.807, 2.05) is 30.3 Å². The number of carbonyl (C=O) groups excluding carboxylic acids is 1. The maximum atomic E-state index is 11.5. The number of nitrogens with zero attached hydrogens (tertiary/aromatic N) is 2. The van der Waals surface area contributed by atoms with Crippen molar-refractivity contribution in [2.24, 2.45) is 0 Å². The lowest BCUT2D eigenvalue weighted by molar-refractivity contribution is -0.132. The molecule has 0 bridgehead atoms. The summed E-state index contributed by atoms with van der Waals surface area (Å²) in [6.45, 7) is 3.29. The van der Waals surface area contributed by atoms with Crippen molar-refractivity contribution < 1.29 is 9.53 Å². The van der Waals surface area contributed by atoms with E-state index in [0.717, 1.165) is 46.5 Å². The number of carbonyl (C=O) groups is 1. The van der Waals surface area contributed by atoms with Crippen LogP contribution in [0.5, 0.6) is 5.88 Å². The van der Waals surface area contributed by atoms with Gasteiger partial charge in [0.2, 0.25) is 0 Å². The second-order valence-corrected chi connectivity index (χ2v) is 7.99. The van der Waals surface area contributed by atoms with E-state index in [0.29, 0.717) is 16.9 Å². The molecule has 1 fully saturated rings. The van der Waals surface area contributed by atoms with Crippen LogP contribution in [0.15, 0.2) is 30.3 Å². The van der Waals surface area contributed by atoms with Gasteiger partial charge in [0.15, 0.2) is 5.82 Å². The third-order valence-electron chi connectivity index (χ3n) is 4.41. The topological polar surface area (TPSA) is 76.1 Å². The first-order chi connectivity index (χ1) is 13.1. The molecule has 1 unspecified atom stereocenters. The average molecular weight is 403 g/mol.